The van der Waals surface area contributed by atoms with Gasteiger partial charge in [-0.05, 0) is 45.0 Å². The fourth-order valence-electron chi connectivity index (χ4n) is 4.31. The molecular weight excluding hydrogens is 492 g/mol. The van der Waals surface area contributed by atoms with Crippen LogP contribution in [0.5, 0.6) is 5.75 Å². The van der Waals surface area contributed by atoms with Crippen molar-refractivity contribution in [1.29, 1.82) is 0 Å². The number of nitrogens with one attached hydrogen (secondary N) is 1. The van der Waals surface area contributed by atoms with Gasteiger partial charge in [-0.15, -0.1) is 17.5 Å². The van der Waals surface area contributed by atoms with Crippen molar-refractivity contribution in [1.82, 2.24) is 28.8 Å². The number of hydrogen-bond acceptors (Lipinski definition) is 7. The average Bonchev–Trinajstić information content (AvgIpc) is 3.15. The number of piperazine rings is 1. The van der Waals surface area contributed by atoms with Crippen LogP contribution in [-0.4, -0.2) is 76.5 Å². The van der Waals surface area contributed by atoms with Gasteiger partial charge in [-0.2, -0.15) is 4.31 Å². The van der Waals surface area contributed by atoms with E-state index < -0.39 is 10.0 Å². The Kier molecular flexibility index (Phi) is 8.58. The SMILES string of the molecule is CCCc1nc(C)c2c(=O)[nH]c(-c3cc(S(=O)(=O)N4CCN(CC)CC4)ccc3OCC)nn12.Cl. The van der Waals surface area contributed by atoms with Crippen molar-refractivity contribution < 1.29 is 13.2 Å². The summed E-state index contributed by atoms with van der Waals surface area (Å²) in [4.78, 5) is 22.6. The molecule has 1 saturated heterocycles. The molecule has 10 nitrogen and oxygen atoms in total. The molecule has 1 aliphatic heterocycles. The maximum atomic E-state index is 13.4. The van der Waals surface area contributed by atoms with Gasteiger partial charge in [-0.1, -0.05) is 13.8 Å². The van der Waals surface area contributed by atoms with Gasteiger partial charge in [0.25, 0.3) is 5.56 Å². The van der Waals surface area contributed by atoms with Crippen LogP contribution in [0.15, 0.2) is 27.9 Å². The molecule has 0 spiro atoms. The molecule has 0 amide bonds. The van der Waals surface area contributed by atoms with Crippen molar-refractivity contribution in [2.24, 2.45) is 0 Å². The number of fused-ring (bicyclic) bond motifs is 1. The lowest BCUT2D eigenvalue weighted by Crippen LogP contribution is -2.48. The van der Waals surface area contributed by atoms with Gasteiger partial charge in [-0.3, -0.25) is 4.79 Å². The molecular formula is C23H33ClN6O4S. The number of aromatic nitrogens is 4. The summed E-state index contributed by atoms with van der Waals surface area (Å²) in [5.74, 6) is 1.38. The number of halogens is 1. The molecule has 4 rings (SSSR count). The first-order valence-corrected chi connectivity index (χ1v) is 13.2. The van der Waals surface area contributed by atoms with E-state index in [2.05, 4.69) is 26.9 Å². The minimum atomic E-state index is -3.71. The van der Waals surface area contributed by atoms with Crippen molar-refractivity contribution in [3.05, 3.63) is 40.1 Å². The Hall–Kier alpha value is -2.47. The third kappa shape index (κ3) is 5.23. The summed E-state index contributed by atoms with van der Waals surface area (Å²) in [6, 6.07) is 4.72. The Balaban J connectivity index is 0.00000342. The molecule has 1 fully saturated rings. The van der Waals surface area contributed by atoms with Gasteiger partial charge in [-0.25, -0.2) is 17.9 Å². The van der Waals surface area contributed by atoms with Gasteiger partial charge in [0.05, 0.1) is 22.8 Å². The number of hydrogen-bond donors (Lipinski definition) is 1. The number of H-pyrrole nitrogens is 1. The zero-order valence-corrected chi connectivity index (χ0v) is 22.2. The smallest absolute Gasteiger partial charge is 0.277 e. The van der Waals surface area contributed by atoms with Gasteiger partial charge in [0.15, 0.2) is 11.3 Å². The third-order valence-corrected chi connectivity index (χ3v) is 8.03. The molecule has 0 aliphatic carbocycles. The Labute approximate surface area is 211 Å². The molecule has 1 aromatic carbocycles. The molecule has 1 N–H and O–H groups in total. The third-order valence-electron chi connectivity index (χ3n) is 6.14. The van der Waals surface area contributed by atoms with Crippen LogP contribution in [0.25, 0.3) is 16.9 Å². The fraction of sp³-hybridized carbons (Fsp3) is 0.522. The molecule has 0 radical (unpaired) electrons. The lowest BCUT2D eigenvalue weighted by Gasteiger charge is -2.33. The number of sulfonamides is 1. The van der Waals surface area contributed by atoms with Crippen molar-refractivity contribution in [3.8, 4) is 17.1 Å². The van der Waals surface area contributed by atoms with Crippen molar-refractivity contribution in [2.45, 2.75) is 45.4 Å². The average molecular weight is 525 g/mol. The zero-order chi connectivity index (χ0) is 24.5. The van der Waals surface area contributed by atoms with Crippen LogP contribution < -0.4 is 10.3 Å². The number of imidazole rings is 1. The first kappa shape index (κ1) is 27.1. The van der Waals surface area contributed by atoms with Crippen molar-refractivity contribution >= 4 is 27.9 Å². The Morgan fingerprint density at radius 1 is 1.11 bits per heavy atom. The molecule has 1 aliphatic rings. The number of aromatic amines is 1. The van der Waals surface area contributed by atoms with E-state index in [1.807, 2.05) is 13.8 Å². The lowest BCUT2D eigenvalue weighted by molar-refractivity contribution is 0.196. The summed E-state index contributed by atoms with van der Waals surface area (Å²) < 4.78 is 35.7. The standard InChI is InChI=1S/C23H32N6O4S.ClH/c1-5-8-20-24-16(4)21-23(30)25-22(26-29(20)21)18-15-17(9-10-19(18)33-7-3)34(31,32)28-13-11-27(6-2)12-14-28;/h9-10,15H,5-8,11-14H2,1-4H3,(H,25,26,30);1H. The molecule has 192 valence electrons. The summed E-state index contributed by atoms with van der Waals surface area (Å²) in [6.45, 7) is 11.3. The van der Waals surface area contributed by atoms with E-state index in [1.165, 1.54) is 4.31 Å². The molecule has 0 atom stereocenters. The van der Waals surface area contributed by atoms with Crippen LogP contribution in [0.3, 0.4) is 0 Å². The second-order valence-electron chi connectivity index (χ2n) is 8.36. The molecule has 12 heteroatoms. The van der Waals surface area contributed by atoms with E-state index in [4.69, 9.17) is 4.74 Å². The summed E-state index contributed by atoms with van der Waals surface area (Å²) in [5, 5.41) is 4.65. The van der Waals surface area contributed by atoms with Gasteiger partial charge >= 0.3 is 0 Å². The highest BCUT2D eigenvalue weighted by molar-refractivity contribution is 7.89. The number of ether oxygens (including phenoxy) is 1. The van der Waals surface area contributed by atoms with Crippen LogP contribution in [0.2, 0.25) is 0 Å². The largest absolute Gasteiger partial charge is 0.493 e. The summed E-state index contributed by atoms with van der Waals surface area (Å²) in [6.07, 6.45) is 1.52. The first-order valence-electron chi connectivity index (χ1n) is 11.8. The van der Waals surface area contributed by atoms with Crippen molar-refractivity contribution in [2.75, 3.05) is 39.3 Å². The normalized spacial score (nSPS) is 15.3. The minimum absolute atomic E-state index is 0. The van der Waals surface area contributed by atoms with Gasteiger partial charge in [0, 0.05) is 32.6 Å². The molecule has 3 heterocycles. The van der Waals surface area contributed by atoms with E-state index in [1.54, 1.807) is 29.6 Å². The zero-order valence-electron chi connectivity index (χ0n) is 20.6. The van der Waals surface area contributed by atoms with Crippen LogP contribution in [0, 0.1) is 6.92 Å². The van der Waals surface area contributed by atoms with E-state index in [0.717, 1.165) is 13.0 Å². The van der Waals surface area contributed by atoms with Gasteiger partial charge in [0.1, 0.15) is 11.6 Å². The van der Waals surface area contributed by atoms with E-state index >= 15 is 0 Å². The number of rotatable bonds is 8. The molecule has 0 unspecified atom stereocenters. The topological polar surface area (TPSA) is 113 Å². The van der Waals surface area contributed by atoms with Crippen LogP contribution in [-0.2, 0) is 16.4 Å². The van der Waals surface area contributed by atoms with Crippen LogP contribution in [0.4, 0.5) is 0 Å². The second-order valence-corrected chi connectivity index (χ2v) is 10.3. The van der Waals surface area contributed by atoms with E-state index in [0.29, 0.717) is 67.6 Å². The van der Waals surface area contributed by atoms with Crippen molar-refractivity contribution in [3.63, 3.8) is 0 Å². The van der Waals surface area contributed by atoms with E-state index in [-0.39, 0.29) is 28.7 Å². The molecule has 0 bridgehead atoms. The molecule has 3 aromatic rings. The Morgan fingerprint density at radius 3 is 2.46 bits per heavy atom. The van der Waals surface area contributed by atoms with E-state index in [9.17, 15) is 13.2 Å². The Morgan fingerprint density at radius 2 is 1.83 bits per heavy atom. The molecule has 35 heavy (non-hydrogen) atoms. The highest BCUT2D eigenvalue weighted by Crippen LogP contribution is 2.31. The number of nitrogens with zero attached hydrogens (tertiary/aromatic N) is 5. The lowest BCUT2D eigenvalue weighted by atomic mass is 10.2. The van der Waals surface area contributed by atoms with Crippen LogP contribution >= 0.6 is 12.4 Å². The summed E-state index contributed by atoms with van der Waals surface area (Å²) in [7, 11) is -3.71. The summed E-state index contributed by atoms with van der Waals surface area (Å²) >= 11 is 0. The monoisotopic (exact) mass is 524 g/mol. The quantitative estimate of drug-likeness (QED) is 0.481. The Bertz CT molecular complexity index is 1350. The first-order chi connectivity index (χ1) is 16.3. The molecule has 2 aromatic heterocycles. The minimum Gasteiger partial charge on any atom is -0.493 e. The highest BCUT2D eigenvalue weighted by atomic mass is 35.5. The summed E-state index contributed by atoms with van der Waals surface area (Å²) in [5.41, 5.74) is 1.09. The maximum absolute atomic E-state index is 13.4. The maximum Gasteiger partial charge on any atom is 0.277 e. The second kappa shape index (κ2) is 11.1. The highest BCUT2D eigenvalue weighted by Gasteiger charge is 2.29. The van der Waals surface area contributed by atoms with Gasteiger partial charge < -0.3 is 14.6 Å². The fourth-order valence-corrected chi connectivity index (χ4v) is 5.76. The number of benzene rings is 1. The number of aryl methyl sites for hydroxylation is 2. The van der Waals surface area contributed by atoms with Gasteiger partial charge in [0.2, 0.25) is 10.0 Å². The van der Waals surface area contributed by atoms with Crippen LogP contribution in [0.1, 0.15) is 38.7 Å². The number of likely N-dealkylation sites (N-methyl/N-ethyl adjacent to an activating group) is 1. The molecule has 0 saturated carbocycles. The predicted molar refractivity (Wildman–Crippen MR) is 137 cm³/mol. The predicted octanol–water partition coefficient (Wildman–Crippen LogP) is 2.49.